The topological polar surface area (TPSA) is 41.1 Å². The van der Waals surface area contributed by atoms with Crippen molar-refractivity contribution in [1.82, 2.24) is 10.6 Å². The van der Waals surface area contributed by atoms with Gasteiger partial charge in [0.1, 0.15) is 0 Å². The molecule has 0 aromatic heterocycles. The summed E-state index contributed by atoms with van der Waals surface area (Å²) >= 11 is 0. The molecule has 0 spiro atoms. The summed E-state index contributed by atoms with van der Waals surface area (Å²) in [7, 11) is 0. The Hall–Kier alpha value is -0.990. The number of carbonyl (C=O) groups excluding carboxylic acids is 1. The normalized spacial score (nSPS) is 11.8. The predicted octanol–water partition coefficient (Wildman–Crippen LogP) is 1.27. The number of urea groups is 1. The van der Waals surface area contributed by atoms with E-state index in [0.29, 0.717) is 6.54 Å². The molecule has 0 aliphatic rings. The minimum atomic E-state index is -0.126. The van der Waals surface area contributed by atoms with Gasteiger partial charge in [0.15, 0.2) is 0 Å². The fraction of sp³-hybridized carbons (Fsp3) is 0.625. The Labute approximate surface area is 67.9 Å². The van der Waals surface area contributed by atoms with E-state index in [9.17, 15) is 4.79 Å². The van der Waals surface area contributed by atoms with Crippen LogP contribution in [-0.4, -0.2) is 18.6 Å². The molecule has 0 fully saturated rings. The van der Waals surface area contributed by atoms with Gasteiger partial charge in [-0.1, -0.05) is 13.0 Å². The van der Waals surface area contributed by atoms with E-state index in [1.807, 2.05) is 13.8 Å². The standard InChI is InChI=1S/C8H16N2O/c1-4-6-9-8(11)10-7(3)5-2/h4,7H,1,5-6H2,2-3H3,(H2,9,10,11)/t7-/m1/s1. The lowest BCUT2D eigenvalue weighted by Gasteiger charge is -2.10. The van der Waals surface area contributed by atoms with Crippen LogP contribution in [0.3, 0.4) is 0 Å². The van der Waals surface area contributed by atoms with Crippen molar-refractivity contribution in [1.29, 1.82) is 0 Å². The molecule has 0 aromatic carbocycles. The first-order chi connectivity index (χ1) is 5.20. The van der Waals surface area contributed by atoms with Crippen molar-refractivity contribution in [2.24, 2.45) is 0 Å². The second kappa shape index (κ2) is 5.77. The van der Waals surface area contributed by atoms with Crippen molar-refractivity contribution in [3.05, 3.63) is 12.7 Å². The molecule has 0 aliphatic carbocycles. The Morgan fingerprint density at radius 1 is 1.73 bits per heavy atom. The fourth-order valence-corrected chi connectivity index (χ4v) is 0.542. The van der Waals surface area contributed by atoms with Crippen molar-refractivity contribution in [3.63, 3.8) is 0 Å². The van der Waals surface area contributed by atoms with E-state index in [1.165, 1.54) is 0 Å². The Morgan fingerprint density at radius 2 is 2.36 bits per heavy atom. The summed E-state index contributed by atoms with van der Waals surface area (Å²) < 4.78 is 0. The minimum Gasteiger partial charge on any atom is -0.336 e. The third-order valence-corrected chi connectivity index (χ3v) is 1.40. The SMILES string of the molecule is C=CCNC(=O)N[C@H](C)CC. The molecule has 2 N–H and O–H groups in total. The van der Waals surface area contributed by atoms with Crippen molar-refractivity contribution >= 4 is 6.03 Å². The second-order valence-corrected chi connectivity index (χ2v) is 2.45. The summed E-state index contributed by atoms with van der Waals surface area (Å²) in [6, 6.07) is 0.110. The fourth-order valence-electron chi connectivity index (χ4n) is 0.542. The summed E-state index contributed by atoms with van der Waals surface area (Å²) in [6.45, 7) is 8.00. The summed E-state index contributed by atoms with van der Waals surface area (Å²) in [5.41, 5.74) is 0. The molecule has 0 saturated carbocycles. The van der Waals surface area contributed by atoms with Crippen LogP contribution in [0.15, 0.2) is 12.7 Å². The molecule has 0 unspecified atom stereocenters. The number of hydrogen-bond acceptors (Lipinski definition) is 1. The molecule has 0 bridgehead atoms. The zero-order chi connectivity index (χ0) is 8.69. The van der Waals surface area contributed by atoms with Crippen molar-refractivity contribution < 1.29 is 4.79 Å². The van der Waals surface area contributed by atoms with Gasteiger partial charge in [0, 0.05) is 12.6 Å². The van der Waals surface area contributed by atoms with Gasteiger partial charge in [-0.3, -0.25) is 0 Å². The van der Waals surface area contributed by atoms with Gasteiger partial charge >= 0.3 is 6.03 Å². The van der Waals surface area contributed by atoms with Gasteiger partial charge in [0.25, 0.3) is 0 Å². The average molecular weight is 156 g/mol. The molecule has 0 aliphatic heterocycles. The monoisotopic (exact) mass is 156 g/mol. The highest BCUT2D eigenvalue weighted by molar-refractivity contribution is 5.74. The third kappa shape index (κ3) is 5.45. The Bertz CT molecular complexity index is 134. The van der Waals surface area contributed by atoms with E-state index in [0.717, 1.165) is 6.42 Å². The summed E-state index contributed by atoms with van der Waals surface area (Å²) in [5.74, 6) is 0. The average Bonchev–Trinajstić information content (AvgIpc) is 2.00. The third-order valence-electron chi connectivity index (χ3n) is 1.40. The van der Waals surface area contributed by atoms with Gasteiger partial charge in [0.05, 0.1) is 0 Å². The summed E-state index contributed by atoms with van der Waals surface area (Å²) in [5, 5.41) is 5.40. The predicted molar refractivity (Wildman–Crippen MR) is 46.5 cm³/mol. The van der Waals surface area contributed by atoms with Crippen LogP contribution in [0.5, 0.6) is 0 Å². The zero-order valence-corrected chi connectivity index (χ0v) is 7.18. The lowest BCUT2D eigenvalue weighted by atomic mass is 10.3. The van der Waals surface area contributed by atoms with E-state index in [2.05, 4.69) is 17.2 Å². The smallest absolute Gasteiger partial charge is 0.315 e. The van der Waals surface area contributed by atoms with E-state index in [4.69, 9.17) is 0 Å². The van der Waals surface area contributed by atoms with Crippen LogP contribution in [0.25, 0.3) is 0 Å². The number of nitrogens with one attached hydrogen (secondary N) is 2. The molecule has 0 saturated heterocycles. The van der Waals surface area contributed by atoms with Crippen molar-refractivity contribution in [2.45, 2.75) is 26.3 Å². The minimum absolute atomic E-state index is 0.126. The highest BCUT2D eigenvalue weighted by atomic mass is 16.2. The van der Waals surface area contributed by atoms with E-state index in [1.54, 1.807) is 6.08 Å². The molecular formula is C8H16N2O. The van der Waals surface area contributed by atoms with Crippen LogP contribution in [0.4, 0.5) is 4.79 Å². The quantitative estimate of drug-likeness (QED) is 0.591. The van der Waals surface area contributed by atoms with Crippen LogP contribution >= 0.6 is 0 Å². The number of hydrogen-bond donors (Lipinski definition) is 2. The van der Waals surface area contributed by atoms with Crippen LogP contribution in [-0.2, 0) is 0 Å². The zero-order valence-electron chi connectivity index (χ0n) is 7.18. The Balaban J connectivity index is 3.43. The van der Waals surface area contributed by atoms with E-state index < -0.39 is 0 Å². The first-order valence-electron chi connectivity index (χ1n) is 3.86. The van der Waals surface area contributed by atoms with Gasteiger partial charge < -0.3 is 10.6 Å². The number of amides is 2. The first-order valence-corrected chi connectivity index (χ1v) is 3.86. The van der Waals surface area contributed by atoms with E-state index in [-0.39, 0.29) is 12.1 Å². The van der Waals surface area contributed by atoms with Gasteiger partial charge in [-0.2, -0.15) is 0 Å². The highest BCUT2D eigenvalue weighted by Gasteiger charge is 2.01. The van der Waals surface area contributed by atoms with Gasteiger partial charge in [-0.05, 0) is 13.3 Å². The van der Waals surface area contributed by atoms with Crippen LogP contribution in [0, 0.1) is 0 Å². The second-order valence-electron chi connectivity index (χ2n) is 2.45. The molecule has 1 atom stereocenters. The molecule has 3 heteroatoms. The van der Waals surface area contributed by atoms with Gasteiger partial charge in [0.2, 0.25) is 0 Å². The molecule has 0 aromatic rings. The molecule has 0 rings (SSSR count). The summed E-state index contributed by atoms with van der Waals surface area (Å²) in [4.78, 5) is 10.9. The highest BCUT2D eigenvalue weighted by Crippen LogP contribution is 1.86. The lowest BCUT2D eigenvalue weighted by molar-refractivity contribution is 0.238. The molecule has 2 amide bonds. The van der Waals surface area contributed by atoms with Crippen LogP contribution in [0.1, 0.15) is 20.3 Å². The van der Waals surface area contributed by atoms with Crippen molar-refractivity contribution in [3.8, 4) is 0 Å². The molecule has 0 radical (unpaired) electrons. The molecular weight excluding hydrogens is 140 g/mol. The number of carbonyl (C=O) groups is 1. The number of rotatable bonds is 4. The largest absolute Gasteiger partial charge is 0.336 e. The van der Waals surface area contributed by atoms with Gasteiger partial charge in [-0.25, -0.2) is 4.79 Å². The lowest BCUT2D eigenvalue weighted by Crippen LogP contribution is -2.40. The van der Waals surface area contributed by atoms with Crippen molar-refractivity contribution in [2.75, 3.05) is 6.54 Å². The van der Waals surface area contributed by atoms with Gasteiger partial charge in [-0.15, -0.1) is 6.58 Å². The summed E-state index contributed by atoms with van der Waals surface area (Å²) in [6.07, 6.45) is 2.59. The molecule has 64 valence electrons. The van der Waals surface area contributed by atoms with E-state index >= 15 is 0 Å². The molecule has 11 heavy (non-hydrogen) atoms. The maximum absolute atomic E-state index is 10.9. The van der Waals surface area contributed by atoms with Crippen LogP contribution < -0.4 is 10.6 Å². The Kier molecular flexibility index (Phi) is 5.25. The Morgan fingerprint density at radius 3 is 2.82 bits per heavy atom. The van der Waals surface area contributed by atoms with Crippen LogP contribution in [0.2, 0.25) is 0 Å². The maximum Gasteiger partial charge on any atom is 0.315 e. The maximum atomic E-state index is 10.9. The molecule has 3 nitrogen and oxygen atoms in total. The first kappa shape index (κ1) is 10.0. The molecule has 0 heterocycles.